The molecule has 0 saturated heterocycles. The van der Waals surface area contributed by atoms with Gasteiger partial charge in [-0.15, -0.1) is 16.4 Å². The second-order valence-electron chi connectivity index (χ2n) is 5.80. The number of furan rings is 1. The minimum absolute atomic E-state index is 0.0165. The summed E-state index contributed by atoms with van der Waals surface area (Å²) in [6.07, 6.45) is 2.94. The van der Waals surface area contributed by atoms with Crippen LogP contribution in [0.25, 0.3) is 23.2 Å². The number of aromatic nitrogens is 4. The third kappa shape index (κ3) is 4.19. The summed E-state index contributed by atoms with van der Waals surface area (Å²) >= 11 is 1.28. The number of Topliss-reactive ketones (excluding diaryl/α,β-unsaturated/α-hetero) is 1. The molecule has 0 unspecified atom stereocenters. The van der Waals surface area contributed by atoms with Crippen molar-refractivity contribution in [3.8, 4) is 11.4 Å². The molecule has 0 saturated carbocycles. The lowest BCUT2D eigenvalue weighted by Gasteiger charge is -2.09. The van der Waals surface area contributed by atoms with E-state index in [1.165, 1.54) is 28.4 Å². The van der Waals surface area contributed by atoms with Gasteiger partial charge in [0.2, 0.25) is 5.78 Å². The molecule has 8 nitrogen and oxygen atoms in total. The van der Waals surface area contributed by atoms with Crippen LogP contribution in [-0.2, 0) is 9.53 Å². The van der Waals surface area contributed by atoms with E-state index < -0.39 is 12.6 Å². The number of tetrazole rings is 1. The molecule has 9 heteroatoms. The number of hydrogen-bond acceptors (Lipinski definition) is 8. The molecule has 4 aromatic rings. The van der Waals surface area contributed by atoms with Gasteiger partial charge >= 0.3 is 5.97 Å². The van der Waals surface area contributed by atoms with E-state index in [2.05, 4.69) is 15.5 Å². The van der Waals surface area contributed by atoms with Crippen LogP contribution in [0.5, 0.6) is 0 Å². The van der Waals surface area contributed by atoms with Crippen LogP contribution in [0.4, 0.5) is 0 Å². The van der Waals surface area contributed by atoms with Gasteiger partial charge in [0.15, 0.2) is 18.1 Å². The van der Waals surface area contributed by atoms with Gasteiger partial charge < -0.3 is 9.15 Å². The van der Waals surface area contributed by atoms with Crippen LogP contribution < -0.4 is 0 Å². The van der Waals surface area contributed by atoms with Crippen LogP contribution in [0.1, 0.15) is 15.4 Å². The molecule has 144 valence electrons. The lowest BCUT2D eigenvalue weighted by molar-refractivity contribution is -0.136. The summed E-state index contributed by atoms with van der Waals surface area (Å²) in [6.45, 7) is -0.391. The number of carbonyl (C=O) groups is 2. The van der Waals surface area contributed by atoms with Crippen LogP contribution in [0.3, 0.4) is 0 Å². The van der Waals surface area contributed by atoms with Crippen molar-refractivity contribution in [1.82, 2.24) is 20.2 Å². The Bertz CT molecular complexity index is 1130. The van der Waals surface area contributed by atoms with Crippen molar-refractivity contribution in [2.75, 3.05) is 6.61 Å². The monoisotopic (exact) mass is 406 g/mol. The number of carbonyl (C=O) groups excluding carboxylic acids is 2. The van der Waals surface area contributed by atoms with Gasteiger partial charge in [-0.2, -0.15) is 4.68 Å². The molecule has 4 rings (SSSR count). The van der Waals surface area contributed by atoms with E-state index in [1.807, 2.05) is 30.3 Å². The molecule has 0 aliphatic heterocycles. The van der Waals surface area contributed by atoms with Gasteiger partial charge in [0.25, 0.3) is 0 Å². The highest BCUT2D eigenvalue weighted by atomic mass is 32.1. The number of esters is 1. The largest absolute Gasteiger partial charge is 0.465 e. The van der Waals surface area contributed by atoms with E-state index in [0.29, 0.717) is 22.0 Å². The van der Waals surface area contributed by atoms with Crippen molar-refractivity contribution in [2.24, 2.45) is 0 Å². The Labute approximate surface area is 169 Å². The molecule has 29 heavy (non-hydrogen) atoms. The summed E-state index contributed by atoms with van der Waals surface area (Å²) in [4.78, 5) is 25.5. The lowest BCUT2D eigenvalue weighted by Crippen LogP contribution is -2.18. The summed E-state index contributed by atoms with van der Waals surface area (Å²) in [6, 6.07) is 16.0. The first-order valence-electron chi connectivity index (χ1n) is 8.55. The molecule has 3 heterocycles. The van der Waals surface area contributed by atoms with E-state index in [1.54, 1.807) is 29.6 Å². The first-order chi connectivity index (χ1) is 14.2. The molecular formula is C20H14N4O4S. The van der Waals surface area contributed by atoms with Crippen molar-refractivity contribution in [1.29, 1.82) is 0 Å². The van der Waals surface area contributed by atoms with E-state index in [9.17, 15) is 9.59 Å². The maximum atomic E-state index is 12.8. The molecule has 0 atom stereocenters. The fraction of sp³-hybridized carbons (Fsp3) is 0.0500. The Morgan fingerprint density at radius 2 is 1.97 bits per heavy atom. The quantitative estimate of drug-likeness (QED) is 0.263. The highest BCUT2D eigenvalue weighted by Gasteiger charge is 2.22. The fourth-order valence-corrected chi connectivity index (χ4v) is 3.20. The molecule has 1 aromatic carbocycles. The van der Waals surface area contributed by atoms with E-state index in [-0.39, 0.29) is 11.5 Å². The minimum Gasteiger partial charge on any atom is -0.465 e. The van der Waals surface area contributed by atoms with Crippen LogP contribution >= 0.6 is 11.3 Å². The number of ether oxygens (including phenoxy) is 1. The number of rotatable bonds is 7. The van der Waals surface area contributed by atoms with E-state index >= 15 is 0 Å². The average Bonchev–Trinajstić information content (AvgIpc) is 3.52. The first-order valence-corrected chi connectivity index (χ1v) is 9.43. The van der Waals surface area contributed by atoms with Crippen molar-refractivity contribution in [3.63, 3.8) is 0 Å². The zero-order valence-corrected chi connectivity index (χ0v) is 15.8. The summed E-state index contributed by atoms with van der Waals surface area (Å²) in [5.41, 5.74) is 0.730. The number of hydrogen-bond donors (Lipinski definition) is 0. The summed E-state index contributed by atoms with van der Waals surface area (Å²) in [5, 5.41) is 13.4. The fourth-order valence-electron chi connectivity index (χ4n) is 2.54. The molecule has 0 fully saturated rings. The molecule has 0 radical (unpaired) electrons. The number of thiophene rings is 1. The minimum atomic E-state index is -0.754. The van der Waals surface area contributed by atoms with Crippen molar-refractivity contribution in [3.05, 3.63) is 76.9 Å². The second-order valence-corrected chi connectivity index (χ2v) is 6.75. The topological polar surface area (TPSA) is 100 Å². The Balaban J connectivity index is 1.64. The van der Waals surface area contributed by atoms with Crippen molar-refractivity contribution in [2.45, 2.75) is 0 Å². The highest BCUT2D eigenvalue weighted by molar-refractivity contribution is 7.12. The van der Waals surface area contributed by atoms with Gasteiger partial charge in [-0.05, 0) is 34.0 Å². The van der Waals surface area contributed by atoms with Crippen molar-refractivity contribution < 1.29 is 18.7 Å². The molecule has 0 aliphatic rings. The van der Waals surface area contributed by atoms with Crippen LogP contribution in [0.2, 0.25) is 0 Å². The standard InChI is InChI=1S/C20H14N4O4S/c25-17(18-9-5-11-29-18)13-28-20(26)16(12-15-8-4-10-27-15)24-19(21-22-23-24)14-6-2-1-3-7-14/h1-12H,13H2/b16-12-. The predicted molar refractivity (Wildman–Crippen MR) is 106 cm³/mol. The molecule has 0 bridgehead atoms. The van der Waals surface area contributed by atoms with E-state index in [0.717, 1.165) is 0 Å². The second kappa shape index (κ2) is 8.44. The van der Waals surface area contributed by atoms with Gasteiger partial charge in [-0.1, -0.05) is 36.4 Å². The Kier molecular flexibility index (Phi) is 5.39. The summed E-state index contributed by atoms with van der Waals surface area (Å²) in [5.74, 6) is -0.275. The average molecular weight is 406 g/mol. The molecule has 0 amide bonds. The number of benzene rings is 1. The van der Waals surface area contributed by atoms with Gasteiger partial charge in [0.05, 0.1) is 11.1 Å². The first kappa shape index (κ1) is 18.5. The maximum Gasteiger partial charge on any atom is 0.357 e. The molecule has 3 aromatic heterocycles. The van der Waals surface area contributed by atoms with Crippen LogP contribution in [-0.4, -0.2) is 38.6 Å². The van der Waals surface area contributed by atoms with Crippen LogP contribution in [0.15, 0.2) is 70.7 Å². The summed E-state index contributed by atoms with van der Waals surface area (Å²) in [7, 11) is 0. The lowest BCUT2D eigenvalue weighted by atomic mass is 10.2. The highest BCUT2D eigenvalue weighted by Crippen LogP contribution is 2.21. The SMILES string of the molecule is O=C(OCC(=O)c1cccs1)/C(=C/c1ccco1)n1nnnc1-c1ccccc1. The molecular weight excluding hydrogens is 392 g/mol. The summed E-state index contributed by atoms with van der Waals surface area (Å²) < 4.78 is 11.8. The number of ketones is 1. The molecule has 0 N–H and O–H groups in total. The Hall–Kier alpha value is -3.85. The number of nitrogens with zero attached hydrogens (tertiary/aromatic N) is 4. The Morgan fingerprint density at radius 1 is 1.10 bits per heavy atom. The third-order valence-electron chi connectivity index (χ3n) is 3.89. The van der Waals surface area contributed by atoms with Crippen molar-refractivity contribution >= 4 is 34.9 Å². The maximum absolute atomic E-state index is 12.8. The van der Waals surface area contributed by atoms with Gasteiger partial charge in [-0.25, -0.2) is 4.79 Å². The zero-order chi connectivity index (χ0) is 20.1. The Morgan fingerprint density at radius 3 is 2.69 bits per heavy atom. The van der Waals surface area contributed by atoms with E-state index in [4.69, 9.17) is 9.15 Å². The van der Waals surface area contributed by atoms with Crippen LogP contribution in [0, 0.1) is 0 Å². The molecule has 0 spiro atoms. The normalized spacial score (nSPS) is 11.4. The molecule has 0 aliphatic carbocycles. The van der Waals surface area contributed by atoms with Gasteiger partial charge in [0.1, 0.15) is 5.76 Å². The van der Waals surface area contributed by atoms with Gasteiger partial charge in [-0.3, -0.25) is 4.79 Å². The third-order valence-corrected chi connectivity index (χ3v) is 4.80. The zero-order valence-electron chi connectivity index (χ0n) is 15.0. The van der Waals surface area contributed by atoms with Gasteiger partial charge in [0, 0.05) is 11.6 Å². The smallest absolute Gasteiger partial charge is 0.357 e. The predicted octanol–water partition coefficient (Wildman–Crippen LogP) is 3.42.